The Morgan fingerprint density at radius 3 is 2.31 bits per heavy atom. The van der Waals surface area contributed by atoms with Crippen LogP contribution >= 0.6 is 0 Å². The van der Waals surface area contributed by atoms with E-state index in [0.29, 0.717) is 17.9 Å². The van der Waals surface area contributed by atoms with Gasteiger partial charge in [-0.2, -0.15) is 0 Å². The minimum Gasteiger partial charge on any atom is -0.388 e. The van der Waals surface area contributed by atoms with E-state index in [-0.39, 0.29) is 5.82 Å². The molecule has 0 fully saturated rings. The van der Waals surface area contributed by atoms with Gasteiger partial charge in [0.15, 0.2) is 0 Å². The van der Waals surface area contributed by atoms with Crippen LogP contribution in [0.15, 0.2) is 12.1 Å². The molecule has 1 N–H and O–H groups in total. The van der Waals surface area contributed by atoms with Gasteiger partial charge < -0.3 is 5.11 Å². The van der Waals surface area contributed by atoms with Gasteiger partial charge in [0.2, 0.25) is 0 Å². The van der Waals surface area contributed by atoms with Crippen LogP contribution < -0.4 is 0 Å². The van der Waals surface area contributed by atoms with Crippen molar-refractivity contribution >= 4 is 0 Å². The average molecular weight is 224 g/mol. The molecule has 0 aliphatic rings. The smallest absolute Gasteiger partial charge is 0.129 e. The van der Waals surface area contributed by atoms with Gasteiger partial charge >= 0.3 is 0 Å². The van der Waals surface area contributed by atoms with Crippen LogP contribution in [0.2, 0.25) is 0 Å². The first-order chi connectivity index (χ1) is 7.41. The van der Waals surface area contributed by atoms with E-state index in [1.807, 2.05) is 19.9 Å². The fraction of sp³-hybridized carbons (Fsp3) is 0.571. The maximum Gasteiger partial charge on any atom is 0.129 e. The molecule has 0 spiro atoms. The van der Waals surface area contributed by atoms with Gasteiger partial charge in [-0.3, -0.25) is 0 Å². The van der Waals surface area contributed by atoms with Gasteiger partial charge in [-0.25, -0.2) is 4.39 Å². The Morgan fingerprint density at radius 1 is 1.19 bits per heavy atom. The molecule has 1 atom stereocenters. The van der Waals surface area contributed by atoms with Crippen molar-refractivity contribution < 1.29 is 9.50 Å². The van der Waals surface area contributed by atoms with Crippen LogP contribution in [0.4, 0.5) is 4.39 Å². The molecule has 1 rings (SSSR count). The normalized spacial score (nSPS) is 13.2. The van der Waals surface area contributed by atoms with Gasteiger partial charge in [0.25, 0.3) is 0 Å². The van der Waals surface area contributed by atoms with E-state index in [4.69, 9.17) is 0 Å². The third-order valence-corrected chi connectivity index (χ3v) is 2.83. The number of rotatable bonds is 4. The number of aliphatic hydroxyl groups is 1. The SMILES string of the molecule is Cc1cc(C)c(C(O)CCC(C)C)c(F)c1. The Hall–Kier alpha value is -0.890. The lowest BCUT2D eigenvalue weighted by molar-refractivity contribution is 0.154. The molecule has 0 radical (unpaired) electrons. The number of hydrogen-bond donors (Lipinski definition) is 1. The van der Waals surface area contributed by atoms with Crippen molar-refractivity contribution in [2.75, 3.05) is 0 Å². The van der Waals surface area contributed by atoms with Crippen molar-refractivity contribution in [2.24, 2.45) is 5.92 Å². The van der Waals surface area contributed by atoms with Crippen molar-refractivity contribution in [3.8, 4) is 0 Å². The van der Waals surface area contributed by atoms with Gasteiger partial charge in [-0.05, 0) is 49.8 Å². The lowest BCUT2D eigenvalue weighted by Gasteiger charge is -2.16. The number of hydrogen-bond acceptors (Lipinski definition) is 1. The fourth-order valence-electron chi connectivity index (χ4n) is 1.98. The third-order valence-electron chi connectivity index (χ3n) is 2.83. The lowest BCUT2D eigenvalue weighted by atomic mass is 9.95. The molecule has 0 aromatic heterocycles. The summed E-state index contributed by atoms with van der Waals surface area (Å²) in [5, 5.41) is 9.98. The Kier molecular flexibility index (Phi) is 4.48. The second-order valence-corrected chi connectivity index (χ2v) is 4.96. The highest BCUT2D eigenvalue weighted by Crippen LogP contribution is 2.27. The van der Waals surface area contributed by atoms with Crippen LogP contribution in [0.5, 0.6) is 0 Å². The van der Waals surface area contributed by atoms with Crippen molar-refractivity contribution in [3.63, 3.8) is 0 Å². The summed E-state index contributed by atoms with van der Waals surface area (Å²) in [7, 11) is 0. The molecular weight excluding hydrogens is 203 g/mol. The molecule has 0 saturated heterocycles. The molecule has 1 aromatic rings. The molecule has 1 aromatic carbocycles. The first-order valence-corrected chi connectivity index (χ1v) is 5.86. The predicted molar refractivity (Wildman–Crippen MR) is 64.9 cm³/mol. The summed E-state index contributed by atoms with van der Waals surface area (Å²) >= 11 is 0. The highest BCUT2D eigenvalue weighted by molar-refractivity contribution is 5.33. The summed E-state index contributed by atoms with van der Waals surface area (Å²) < 4.78 is 13.7. The molecule has 1 nitrogen and oxygen atoms in total. The number of halogens is 1. The lowest BCUT2D eigenvalue weighted by Crippen LogP contribution is -2.05. The van der Waals surface area contributed by atoms with E-state index in [1.54, 1.807) is 0 Å². The second kappa shape index (κ2) is 5.44. The monoisotopic (exact) mass is 224 g/mol. The van der Waals surface area contributed by atoms with Crippen molar-refractivity contribution in [1.82, 2.24) is 0 Å². The zero-order valence-electron chi connectivity index (χ0n) is 10.5. The van der Waals surface area contributed by atoms with Crippen molar-refractivity contribution in [2.45, 2.75) is 46.6 Å². The maximum atomic E-state index is 13.7. The molecule has 1 unspecified atom stereocenters. The fourth-order valence-corrected chi connectivity index (χ4v) is 1.98. The zero-order valence-corrected chi connectivity index (χ0v) is 10.5. The quantitative estimate of drug-likeness (QED) is 0.822. The summed E-state index contributed by atoms with van der Waals surface area (Å²) in [6, 6.07) is 3.40. The van der Waals surface area contributed by atoms with E-state index in [2.05, 4.69) is 13.8 Å². The molecule has 2 heteroatoms. The number of benzene rings is 1. The van der Waals surface area contributed by atoms with Gasteiger partial charge in [0, 0.05) is 5.56 Å². The molecule has 16 heavy (non-hydrogen) atoms. The largest absolute Gasteiger partial charge is 0.388 e. The maximum absolute atomic E-state index is 13.7. The molecule has 0 bridgehead atoms. The van der Waals surface area contributed by atoms with E-state index >= 15 is 0 Å². The molecule has 0 heterocycles. The Labute approximate surface area is 97.3 Å². The van der Waals surface area contributed by atoms with E-state index < -0.39 is 6.10 Å². The Bertz CT molecular complexity index is 335. The molecule has 90 valence electrons. The van der Waals surface area contributed by atoms with E-state index in [1.165, 1.54) is 6.07 Å². The minimum atomic E-state index is -0.678. The zero-order chi connectivity index (χ0) is 12.3. The summed E-state index contributed by atoms with van der Waals surface area (Å²) in [5.41, 5.74) is 2.20. The number of aliphatic hydroxyl groups excluding tert-OH is 1. The molecule has 0 aliphatic carbocycles. The van der Waals surface area contributed by atoms with Crippen molar-refractivity contribution in [3.05, 3.63) is 34.6 Å². The summed E-state index contributed by atoms with van der Waals surface area (Å²) in [6.07, 6.45) is 0.856. The molecule has 0 aliphatic heterocycles. The molecule has 0 amide bonds. The highest BCUT2D eigenvalue weighted by atomic mass is 19.1. The van der Waals surface area contributed by atoms with Gasteiger partial charge in [-0.1, -0.05) is 19.9 Å². The molecule has 0 saturated carbocycles. The van der Waals surface area contributed by atoms with E-state index in [9.17, 15) is 9.50 Å². The van der Waals surface area contributed by atoms with Crippen LogP contribution in [0.1, 0.15) is 49.5 Å². The van der Waals surface area contributed by atoms with Crippen LogP contribution in [0.3, 0.4) is 0 Å². The Morgan fingerprint density at radius 2 is 1.81 bits per heavy atom. The van der Waals surface area contributed by atoms with Crippen LogP contribution in [-0.2, 0) is 0 Å². The number of aryl methyl sites for hydroxylation is 2. The summed E-state index contributed by atoms with van der Waals surface area (Å²) in [6.45, 7) is 7.92. The minimum absolute atomic E-state index is 0.284. The predicted octanol–water partition coefficient (Wildman–Crippen LogP) is 3.91. The first kappa shape index (κ1) is 13.2. The van der Waals surface area contributed by atoms with Crippen LogP contribution in [0.25, 0.3) is 0 Å². The summed E-state index contributed by atoms with van der Waals surface area (Å²) in [4.78, 5) is 0. The average Bonchev–Trinajstić information content (AvgIpc) is 2.12. The third kappa shape index (κ3) is 3.31. The Balaban J connectivity index is 2.86. The van der Waals surface area contributed by atoms with Gasteiger partial charge in [0.05, 0.1) is 6.10 Å². The van der Waals surface area contributed by atoms with Crippen LogP contribution in [-0.4, -0.2) is 5.11 Å². The van der Waals surface area contributed by atoms with Gasteiger partial charge in [0.1, 0.15) is 5.82 Å². The topological polar surface area (TPSA) is 20.2 Å². The summed E-state index contributed by atoms with van der Waals surface area (Å²) in [5.74, 6) is 0.247. The highest BCUT2D eigenvalue weighted by Gasteiger charge is 2.16. The van der Waals surface area contributed by atoms with E-state index in [0.717, 1.165) is 17.5 Å². The van der Waals surface area contributed by atoms with Crippen LogP contribution in [0, 0.1) is 25.6 Å². The standard InChI is InChI=1S/C14H21FO/c1-9(2)5-6-13(16)14-11(4)7-10(3)8-12(14)15/h7-9,13,16H,5-6H2,1-4H3. The van der Waals surface area contributed by atoms with Gasteiger partial charge in [-0.15, -0.1) is 0 Å². The van der Waals surface area contributed by atoms with Crippen molar-refractivity contribution in [1.29, 1.82) is 0 Å². The second-order valence-electron chi connectivity index (χ2n) is 4.96. The molecular formula is C14H21FO. The first-order valence-electron chi connectivity index (χ1n) is 5.86.